The summed E-state index contributed by atoms with van der Waals surface area (Å²) in [5, 5.41) is 3.42. The summed E-state index contributed by atoms with van der Waals surface area (Å²) in [7, 11) is 3.52. The molecule has 0 spiro atoms. The zero-order valence-electron chi connectivity index (χ0n) is 19.1. The van der Waals surface area contributed by atoms with Gasteiger partial charge in [-0.1, -0.05) is 12.1 Å². The first-order valence-corrected chi connectivity index (χ1v) is 10.6. The molecule has 0 saturated carbocycles. The fourth-order valence-electron chi connectivity index (χ4n) is 3.29. The summed E-state index contributed by atoms with van der Waals surface area (Å²) in [5.41, 5.74) is 3.91. The van der Waals surface area contributed by atoms with Crippen molar-refractivity contribution in [2.24, 2.45) is 4.99 Å². The van der Waals surface area contributed by atoms with E-state index >= 15 is 0 Å². The second kappa shape index (κ2) is 13.7. The molecule has 1 N–H and O–H groups in total. The lowest BCUT2D eigenvalue weighted by Crippen LogP contribution is -2.53. The van der Waals surface area contributed by atoms with Crippen LogP contribution in [0.1, 0.15) is 24.5 Å². The summed E-state index contributed by atoms with van der Waals surface area (Å²) in [6.45, 7) is 12.3. The van der Waals surface area contributed by atoms with E-state index in [0.29, 0.717) is 0 Å². The average molecular weight is 531 g/mol. The van der Waals surface area contributed by atoms with Crippen LogP contribution in [0.2, 0.25) is 0 Å². The Bertz CT molecular complexity index is 688. The number of benzene rings is 1. The summed E-state index contributed by atoms with van der Waals surface area (Å²) in [4.78, 5) is 22.9. The Kier molecular flexibility index (Phi) is 12.1. The summed E-state index contributed by atoms with van der Waals surface area (Å²) in [6.07, 6.45) is 0.914. The molecule has 1 amide bonds. The second-order valence-electron chi connectivity index (χ2n) is 7.67. The highest BCUT2D eigenvalue weighted by molar-refractivity contribution is 14.0. The van der Waals surface area contributed by atoms with Crippen LogP contribution in [0.15, 0.2) is 23.2 Å². The minimum Gasteiger partial charge on any atom is -0.382 e. The third-order valence-corrected chi connectivity index (χ3v) is 5.10. The van der Waals surface area contributed by atoms with E-state index in [-0.39, 0.29) is 36.4 Å². The molecule has 1 aliphatic heterocycles. The van der Waals surface area contributed by atoms with Crippen LogP contribution < -0.4 is 10.2 Å². The van der Waals surface area contributed by atoms with Crippen molar-refractivity contribution in [1.29, 1.82) is 0 Å². The van der Waals surface area contributed by atoms with Gasteiger partial charge in [0.2, 0.25) is 5.91 Å². The standard InChI is InChI=1S/C22H37N5O2.HI/c1-6-29-15-7-10-23-22(24-17-21(28)25(4)5)27-13-11-26(12-14-27)20-16-18(2)8-9-19(20)3;/h8-9,16H,6-7,10-15,17H2,1-5H3,(H,23,24);1H. The number of ether oxygens (including phenoxy) is 1. The number of aliphatic imine (C=N–C) groups is 1. The molecule has 30 heavy (non-hydrogen) atoms. The van der Waals surface area contributed by atoms with E-state index in [1.165, 1.54) is 16.8 Å². The molecule has 0 unspecified atom stereocenters. The van der Waals surface area contributed by atoms with Crippen molar-refractivity contribution in [1.82, 2.24) is 15.1 Å². The fourth-order valence-corrected chi connectivity index (χ4v) is 3.29. The number of nitrogens with zero attached hydrogens (tertiary/aromatic N) is 4. The highest BCUT2D eigenvalue weighted by Gasteiger charge is 2.21. The van der Waals surface area contributed by atoms with Crippen molar-refractivity contribution in [2.45, 2.75) is 27.2 Å². The number of aryl methyl sites for hydroxylation is 2. The number of guanidine groups is 1. The molecular formula is C22H38IN5O2. The number of hydrogen-bond acceptors (Lipinski definition) is 4. The zero-order valence-corrected chi connectivity index (χ0v) is 21.4. The maximum atomic E-state index is 12.0. The summed E-state index contributed by atoms with van der Waals surface area (Å²) >= 11 is 0. The first kappa shape index (κ1) is 26.5. The molecule has 0 aromatic heterocycles. The van der Waals surface area contributed by atoms with Gasteiger partial charge < -0.3 is 24.8 Å². The van der Waals surface area contributed by atoms with E-state index in [0.717, 1.165) is 58.3 Å². The Morgan fingerprint density at radius 1 is 1.20 bits per heavy atom. The van der Waals surface area contributed by atoms with Gasteiger partial charge in [0.1, 0.15) is 6.54 Å². The van der Waals surface area contributed by atoms with Crippen molar-refractivity contribution in [2.75, 3.05) is 71.5 Å². The number of hydrogen-bond donors (Lipinski definition) is 1. The maximum Gasteiger partial charge on any atom is 0.243 e. The first-order chi connectivity index (χ1) is 13.9. The Morgan fingerprint density at radius 2 is 1.90 bits per heavy atom. The molecule has 2 rings (SSSR count). The van der Waals surface area contributed by atoms with Gasteiger partial charge in [-0.2, -0.15) is 0 Å². The molecule has 8 heteroatoms. The van der Waals surface area contributed by atoms with Crippen LogP contribution in [0, 0.1) is 13.8 Å². The lowest BCUT2D eigenvalue weighted by molar-refractivity contribution is -0.127. The zero-order chi connectivity index (χ0) is 21.2. The number of halogens is 1. The largest absolute Gasteiger partial charge is 0.382 e. The predicted molar refractivity (Wildman–Crippen MR) is 135 cm³/mol. The quantitative estimate of drug-likeness (QED) is 0.242. The monoisotopic (exact) mass is 531 g/mol. The van der Waals surface area contributed by atoms with Crippen LogP contribution in [0.5, 0.6) is 0 Å². The lowest BCUT2D eigenvalue weighted by Gasteiger charge is -2.38. The van der Waals surface area contributed by atoms with Crippen molar-refractivity contribution in [3.63, 3.8) is 0 Å². The van der Waals surface area contributed by atoms with Crippen molar-refractivity contribution in [3.8, 4) is 0 Å². The number of nitrogens with one attached hydrogen (secondary N) is 1. The molecule has 1 aromatic rings. The van der Waals surface area contributed by atoms with Crippen LogP contribution in [0.4, 0.5) is 5.69 Å². The van der Waals surface area contributed by atoms with Gasteiger partial charge in [-0.15, -0.1) is 24.0 Å². The second-order valence-corrected chi connectivity index (χ2v) is 7.67. The number of rotatable bonds is 8. The van der Waals surface area contributed by atoms with Gasteiger partial charge in [0.05, 0.1) is 0 Å². The minimum absolute atomic E-state index is 0. The number of anilines is 1. The van der Waals surface area contributed by atoms with Crippen LogP contribution in [0.3, 0.4) is 0 Å². The molecule has 0 bridgehead atoms. The first-order valence-electron chi connectivity index (χ1n) is 10.6. The van der Waals surface area contributed by atoms with Crippen molar-refractivity contribution >= 4 is 41.5 Å². The lowest BCUT2D eigenvalue weighted by atomic mass is 10.1. The normalized spacial score (nSPS) is 14.4. The molecule has 0 aliphatic carbocycles. The Balaban J connectivity index is 0.00000450. The molecule has 1 aliphatic rings. The Labute approximate surface area is 198 Å². The molecule has 0 radical (unpaired) electrons. The molecule has 1 aromatic carbocycles. The van der Waals surface area contributed by atoms with Crippen LogP contribution in [-0.4, -0.2) is 88.2 Å². The Morgan fingerprint density at radius 3 is 2.53 bits per heavy atom. The number of amides is 1. The maximum absolute atomic E-state index is 12.0. The number of carbonyl (C=O) groups excluding carboxylic acids is 1. The van der Waals surface area contributed by atoms with E-state index in [1.807, 2.05) is 6.92 Å². The average Bonchev–Trinajstić information content (AvgIpc) is 2.71. The summed E-state index contributed by atoms with van der Waals surface area (Å²) in [6, 6.07) is 6.62. The van der Waals surface area contributed by atoms with Crippen LogP contribution in [-0.2, 0) is 9.53 Å². The van der Waals surface area contributed by atoms with Gasteiger partial charge in [0.25, 0.3) is 0 Å². The SMILES string of the molecule is CCOCCCNC(=NCC(=O)N(C)C)N1CCN(c2cc(C)ccc2C)CC1.I. The van der Waals surface area contributed by atoms with E-state index in [4.69, 9.17) is 4.74 Å². The number of likely N-dealkylation sites (N-methyl/N-ethyl adjacent to an activating group) is 1. The van der Waals surface area contributed by atoms with E-state index in [2.05, 4.69) is 52.2 Å². The van der Waals surface area contributed by atoms with Crippen molar-refractivity contribution < 1.29 is 9.53 Å². The smallest absolute Gasteiger partial charge is 0.243 e. The van der Waals surface area contributed by atoms with Crippen LogP contribution >= 0.6 is 24.0 Å². The third-order valence-electron chi connectivity index (χ3n) is 5.10. The van der Waals surface area contributed by atoms with E-state index in [1.54, 1.807) is 19.0 Å². The molecule has 170 valence electrons. The summed E-state index contributed by atoms with van der Waals surface area (Å²) < 4.78 is 5.41. The number of carbonyl (C=O) groups is 1. The molecule has 7 nitrogen and oxygen atoms in total. The van der Waals surface area contributed by atoms with Crippen molar-refractivity contribution in [3.05, 3.63) is 29.3 Å². The molecule has 1 saturated heterocycles. The molecular weight excluding hydrogens is 493 g/mol. The molecule has 1 fully saturated rings. The van der Waals surface area contributed by atoms with Gasteiger partial charge in [0, 0.05) is 65.7 Å². The van der Waals surface area contributed by atoms with Gasteiger partial charge >= 0.3 is 0 Å². The highest BCUT2D eigenvalue weighted by Crippen LogP contribution is 2.22. The van der Waals surface area contributed by atoms with Crippen LogP contribution in [0.25, 0.3) is 0 Å². The third kappa shape index (κ3) is 8.29. The van der Waals surface area contributed by atoms with E-state index in [9.17, 15) is 4.79 Å². The Hall–Kier alpha value is -1.55. The predicted octanol–water partition coefficient (Wildman–Crippen LogP) is 2.50. The summed E-state index contributed by atoms with van der Waals surface area (Å²) in [5.74, 6) is 0.824. The van der Waals surface area contributed by atoms with Gasteiger partial charge in [-0.3, -0.25) is 4.79 Å². The van der Waals surface area contributed by atoms with Gasteiger partial charge in [-0.05, 0) is 44.4 Å². The minimum atomic E-state index is 0. The topological polar surface area (TPSA) is 60.4 Å². The fraction of sp³-hybridized carbons (Fsp3) is 0.636. The molecule has 1 heterocycles. The molecule has 0 atom stereocenters. The highest BCUT2D eigenvalue weighted by atomic mass is 127. The number of piperazine rings is 1. The van der Waals surface area contributed by atoms with E-state index < -0.39 is 0 Å². The van der Waals surface area contributed by atoms with Gasteiger partial charge in [-0.25, -0.2) is 4.99 Å². The van der Waals surface area contributed by atoms with Gasteiger partial charge in [0.15, 0.2) is 5.96 Å².